The third-order valence-electron chi connectivity index (χ3n) is 4.07. The summed E-state index contributed by atoms with van der Waals surface area (Å²) in [4.78, 5) is 36.0. The van der Waals surface area contributed by atoms with E-state index in [1.54, 1.807) is 18.9 Å². The van der Waals surface area contributed by atoms with Crippen LogP contribution < -0.4 is 11.0 Å². The highest BCUT2D eigenvalue weighted by Gasteiger charge is 2.14. The maximum atomic E-state index is 12.0. The number of aryl methyl sites for hydroxylation is 1. The van der Waals surface area contributed by atoms with Crippen molar-refractivity contribution in [3.05, 3.63) is 28.7 Å². The van der Waals surface area contributed by atoms with Gasteiger partial charge in [-0.1, -0.05) is 13.0 Å². The number of carboxylic acid groups (broad SMARTS) is 1. The molecular formula is C16H25BN2O6. The van der Waals surface area contributed by atoms with Gasteiger partial charge in [0.25, 0.3) is 0 Å². The lowest BCUT2D eigenvalue weighted by Gasteiger charge is -2.18. The van der Waals surface area contributed by atoms with Gasteiger partial charge in [0.15, 0.2) is 0 Å². The highest BCUT2D eigenvalue weighted by Crippen LogP contribution is 2.09. The van der Waals surface area contributed by atoms with E-state index in [0.29, 0.717) is 38.8 Å². The van der Waals surface area contributed by atoms with Crippen molar-refractivity contribution in [1.29, 1.82) is 0 Å². The molecule has 0 spiro atoms. The molecule has 25 heavy (non-hydrogen) atoms. The molecule has 1 rings (SSSR count). The SMILES string of the molecule is C[C@@H](CCCC(=O)N(C)CCCn1cc(B(O)O)ccc1=O)C(=O)O. The molecule has 1 atom stereocenters. The minimum atomic E-state index is -1.63. The lowest BCUT2D eigenvalue weighted by Crippen LogP contribution is -2.35. The number of pyridine rings is 1. The highest BCUT2D eigenvalue weighted by atomic mass is 16.4. The normalized spacial score (nSPS) is 11.8. The van der Waals surface area contributed by atoms with Crippen LogP contribution in [0.3, 0.4) is 0 Å². The van der Waals surface area contributed by atoms with Gasteiger partial charge in [0, 0.05) is 38.8 Å². The van der Waals surface area contributed by atoms with Crippen LogP contribution in [0.1, 0.15) is 32.6 Å². The zero-order valence-corrected chi connectivity index (χ0v) is 14.6. The summed E-state index contributed by atoms with van der Waals surface area (Å²) in [6, 6.07) is 2.63. The van der Waals surface area contributed by atoms with Crippen LogP contribution in [0, 0.1) is 5.92 Å². The van der Waals surface area contributed by atoms with Gasteiger partial charge in [0.05, 0.1) is 5.92 Å². The molecule has 1 amide bonds. The topological polar surface area (TPSA) is 120 Å². The molecule has 0 aliphatic heterocycles. The maximum Gasteiger partial charge on any atom is 0.489 e. The molecule has 0 fully saturated rings. The van der Waals surface area contributed by atoms with E-state index in [-0.39, 0.29) is 16.9 Å². The van der Waals surface area contributed by atoms with Crippen LogP contribution in [-0.2, 0) is 16.1 Å². The first-order chi connectivity index (χ1) is 11.7. The number of hydrogen-bond acceptors (Lipinski definition) is 5. The van der Waals surface area contributed by atoms with Gasteiger partial charge in [0.2, 0.25) is 11.5 Å². The molecule has 0 saturated heterocycles. The van der Waals surface area contributed by atoms with E-state index in [4.69, 9.17) is 15.2 Å². The Hall–Kier alpha value is -2.13. The molecule has 9 heteroatoms. The molecule has 0 bridgehead atoms. The van der Waals surface area contributed by atoms with Crippen LogP contribution in [0.25, 0.3) is 0 Å². The van der Waals surface area contributed by atoms with Crippen molar-refractivity contribution in [2.75, 3.05) is 13.6 Å². The number of rotatable bonds is 10. The van der Waals surface area contributed by atoms with Crippen molar-refractivity contribution >= 4 is 24.5 Å². The Kier molecular flexibility index (Phi) is 8.37. The number of aliphatic carboxylic acids is 1. The largest absolute Gasteiger partial charge is 0.489 e. The van der Waals surface area contributed by atoms with Crippen LogP contribution in [-0.4, -0.2) is 57.2 Å². The average molecular weight is 352 g/mol. The highest BCUT2D eigenvalue weighted by molar-refractivity contribution is 6.58. The molecule has 0 unspecified atom stereocenters. The fourth-order valence-corrected chi connectivity index (χ4v) is 2.35. The Morgan fingerprint density at radius 3 is 2.56 bits per heavy atom. The molecule has 0 aliphatic rings. The summed E-state index contributed by atoms with van der Waals surface area (Å²) in [7, 11) is 0.0314. The summed E-state index contributed by atoms with van der Waals surface area (Å²) in [5, 5.41) is 27.1. The Bertz CT molecular complexity index is 646. The number of hydrogen-bond donors (Lipinski definition) is 3. The number of carbonyl (C=O) groups excluding carboxylic acids is 1. The second kappa shape index (κ2) is 10.00. The van der Waals surface area contributed by atoms with Crippen molar-refractivity contribution in [2.24, 2.45) is 5.92 Å². The summed E-state index contributed by atoms with van der Waals surface area (Å²) < 4.78 is 1.38. The van der Waals surface area contributed by atoms with Gasteiger partial charge in [-0.2, -0.15) is 0 Å². The quantitative estimate of drug-likeness (QED) is 0.478. The van der Waals surface area contributed by atoms with Crippen LogP contribution in [0.4, 0.5) is 0 Å². The first-order valence-electron chi connectivity index (χ1n) is 8.25. The smallest absolute Gasteiger partial charge is 0.481 e. The third kappa shape index (κ3) is 7.10. The third-order valence-corrected chi connectivity index (χ3v) is 4.07. The Balaban J connectivity index is 2.40. The van der Waals surface area contributed by atoms with Crippen molar-refractivity contribution < 1.29 is 24.7 Å². The number of carbonyl (C=O) groups is 2. The minimum Gasteiger partial charge on any atom is -0.481 e. The van der Waals surface area contributed by atoms with Crippen molar-refractivity contribution in [1.82, 2.24) is 9.47 Å². The van der Waals surface area contributed by atoms with Gasteiger partial charge in [-0.25, -0.2) is 0 Å². The number of aromatic nitrogens is 1. The van der Waals surface area contributed by atoms with E-state index >= 15 is 0 Å². The van der Waals surface area contributed by atoms with E-state index in [1.807, 2.05) is 0 Å². The van der Waals surface area contributed by atoms with E-state index in [2.05, 4.69) is 0 Å². The predicted octanol–water partition coefficient (Wildman–Crippen LogP) is -0.732. The molecule has 0 radical (unpaired) electrons. The molecule has 0 aliphatic carbocycles. The van der Waals surface area contributed by atoms with Crippen LogP contribution in [0.15, 0.2) is 23.1 Å². The van der Waals surface area contributed by atoms with E-state index in [1.165, 1.54) is 22.9 Å². The fourth-order valence-electron chi connectivity index (χ4n) is 2.35. The molecule has 1 aromatic heterocycles. The number of amides is 1. The summed E-state index contributed by atoms with van der Waals surface area (Å²) in [5.41, 5.74) is -0.0161. The molecule has 138 valence electrons. The fraction of sp³-hybridized carbons (Fsp3) is 0.562. The summed E-state index contributed by atoms with van der Waals surface area (Å²) in [6.45, 7) is 2.42. The van der Waals surface area contributed by atoms with Gasteiger partial charge >= 0.3 is 13.1 Å². The van der Waals surface area contributed by atoms with Crippen molar-refractivity contribution in [3.63, 3.8) is 0 Å². The van der Waals surface area contributed by atoms with Crippen LogP contribution >= 0.6 is 0 Å². The van der Waals surface area contributed by atoms with Gasteiger partial charge in [-0.15, -0.1) is 0 Å². The zero-order valence-electron chi connectivity index (χ0n) is 14.6. The molecule has 8 nitrogen and oxygen atoms in total. The van der Waals surface area contributed by atoms with Crippen LogP contribution in [0.5, 0.6) is 0 Å². The Labute approximate surface area is 146 Å². The molecule has 1 heterocycles. The monoisotopic (exact) mass is 352 g/mol. The molecule has 0 aromatic carbocycles. The Morgan fingerprint density at radius 2 is 1.96 bits per heavy atom. The van der Waals surface area contributed by atoms with E-state index in [0.717, 1.165) is 0 Å². The van der Waals surface area contributed by atoms with Gasteiger partial charge in [-0.05, 0) is 24.7 Å². The number of carboxylic acids is 1. The van der Waals surface area contributed by atoms with Gasteiger partial charge in [-0.3, -0.25) is 14.4 Å². The lowest BCUT2D eigenvalue weighted by molar-refractivity contribution is -0.141. The standard InChI is InChI=1S/C16H25BN2O6/c1-12(16(22)23)5-3-6-14(20)18(2)9-4-10-19-11-13(17(24)25)7-8-15(19)21/h7-8,11-12,24-25H,3-6,9-10H2,1-2H3,(H,22,23)/t12-/m0/s1. The zero-order chi connectivity index (χ0) is 19.0. The second-order valence-corrected chi connectivity index (χ2v) is 6.17. The molecule has 1 aromatic rings. The minimum absolute atomic E-state index is 0.0653. The second-order valence-electron chi connectivity index (χ2n) is 6.17. The first-order valence-corrected chi connectivity index (χ1v) is 8.25. The summed E-state index contributed by atoms with van der Waals surface area (Å²) >= 11 is 0. The van der Waals surface area contributed by atoms with E-state index in [9.17, 15) is 14.4 Å². The molecule has 0 saturated carbocycles. The summed E-state index contributed by atoms with van der Waals surface area (Å²) in [6.07, 6.45) is 3.20. The maximum absolute atomic E-state index is 12.0. The lowest BCUT2D eigenvalue weighted by atomic mass is 9.82. The van der Waals surface area contributed by atoms with Gasteiger partial charge < -0.3 is 24.6 Å². The van der Waals surface area contributed by atoms with Crippen LogP contribution in [0.2, 0.25) is 0 Å². The number of nitrogens with zero attached hydrogens (tertiary/aromatic N) is 2. The van der Waals surface area contributed by atoms with Gasteiger partial charge in [0.1, 0.15) is 0 Å². The predicted molar refractivity (Wildman–Crippen MR) is 93.4 cm³/mol. The van der Waals surface area contributed by atoms with E-state index < -0.39 is 19.0 Å². The van der Waals surface area contributed by atoms with Crippen molar-refractivity contribution in [2.45, 2.75) is 39.2 Å². The first kappa shape index (κ1) is 20.9. The Morgan fingerprint density at radius 1 is 1.28 bits per heavy atom. The molecular weight excluding hydrogens is 327 g/mol. The van der Waals surface area contributed by atoms with Crippen molar-refractivity contribution in [3.8, 4) is 0 Å². The molecule has 3 N–H and O–H groups in total. The average Bonchev–Trinajstić information content (AvgIpc) is 2.55. The summed E-state index contributed by atoms with van der Waals surface area (Å²) in [5.74, 6) is -1.38.